The average molecular weight is 620 g/mol. The molecule has 12 heteroatoms. The Kier molecular flexibility index (Phi) is 6.78. The smallest absolute Gasteiger partial charge is 0.289 e. The third-order valence-corrected chi connectivity index (χ3v) is 9.90. The maximum Gasteiger partial charge on any atom is 0.289 e. The predicted molar refractivity (Wildman–Crippen MR) is 171 cm³/mol. The number of aryl methyl sites for hydroxylation is 1. The normalized spacial score (nSPS) is 21.3. The number of nitrogens with zero attached hydrogens (tertiary/aromatic N) is 7. The fraction of sp³-hybridized carbons (Fsp3) is 0.412. The molecule has 236 valence electrons. The van der Waals surface area contributed by atoms with E-state index < -0.39 is 0 Å². The van der Waals surface area contributed by atoms with Crippen LogP contribution in [0.5, 0.6) is 5.88 Å². The number of carbonyl (C=O) groups is 2. The van der Waals surface area contributed by atoms with Gasteiger partial charge < -0.3 is 25.3 Å². The highest BCUT2D eigenvalue weighted by Gasteiger charge is 2.47. The summed E-state index contributed by atoms with van der Waals surface area (Å²) >= 11 is 0. The van der Waals surface area contributed by atoms with Crippen LogP contribution in [0.3, 0.4) is 0 Å². The molecular weight excluding hydrogens is 582 g/mol. The van der Waals surface area contributed by atoms with Crippen molar-refractivity contribution >= 4 is 28.5 Å². The third-order valence-electron chi connectivity index (χ3n) is 9.90. The van der Waals surface area contributed by atoms with Gasteiger partial charge in [-0.15, -0.1) is 0 Å². The summed E-state index contributed by atoms with van der Waals surface area (Å²) in [5.74, 6) is 0.892. The summed E-state index contributed by atoms with van der Waals surface area (Å²) < 4.78 is 10.1. The highest BCUT2D eigenvalue weighted by molar-refractivity contribution is 5.97. The van der Waals surface area contributed by atoms with Gasteiger partial charge in [-0.25, -0.2) is 19.9 Å². The number of methoxy groups -OCH3 is 1. The Balaban J connectivity index is 1.18. The Hall–Kier alpha value is -4.84. The van der Waals surface area contributed by atoms with Gasteiger partial charge in [0.25, 0.3) is 11.8 Å². The van der Waals surface area contributed by atoms with E-state index in [1.165, 1.54) is 12.8 Å². The first-order chi connectivity index (χ1) is 22.3. The minimum absolute atomic E-state index is 0.0110. The minimum atomic E-state index is -0.356. The molecule has 0 spiro atoms. The molecule has 0 radical (unpaired) electrons. The number of carbonyl (C=O) groups excluding carboxylic acids is 2. The first-order valence-corrected chi connectivity index (χ1v) is 16.0. The van der Waals surface area contributed by atoms with Crippen molar-refractivity contribution < 1.29 is 14.3 Å². The van der Waals surface area contributed by atoms with Gasteiger partial charge in [0.2, 0.25) is 5.82 Å². The number of nitrogens with one attached hydrogen (secondary N) is 1. The molecular formula is C34H37N9O3. The van der Waals surface area contributed by atoms with Crippen LogP contribution < -0.4 is 15.8 Å². The van der Waals surface area contributed by atoms with Gasteiger partial charge in [0.05, 0.1) is 30.2 Å². The van der Waals surface area contributed by atoms with E-state index in [2.05, 4.69) is 25.9 Å². The lowest BCUT2D eigenvalue weighted by atomic mass is 9.97. The van der Waals surface area contributed by atoms with Gasteiger partial charge in [0.1, 0.15) is 17.0 Å². The third kappa shape index (κ3) is 4.70. The topological polar surface area (TPSA) is 146 Å². The molecule has 3 fully saturated rings. The van der Waals surface area contributed by atoms with Crippen LogP contribution in [0, 0.1) is 12.8 Å². The van der Waals surface area contributed by atoms with Crippen LogP contribution in [-0.2, 0) is 6.54 Å². The number of aromatic nitrogens is 6. The molecule has 5 aromatic rings. The van der Waals surface area contributed by atoms with E-state index in [4.69, 9.17) is 20.4 Å². The maximum absolute atomic E-state index is 13.8. The summed E-state index contributed by atoms with van der Waals surface area (Å²) in [6.07, 6.45) is 8.26. The van der Waals surface area contributed by atoms with Crippen molar-refractivity contribution in [3.8, 4) is 17.3 Å². The summed E-state index contributed by atoms with van der Waals surface area (Å²) in [5.41, 5.74) is 11.8. The van der Waals surface area contributed by atoms with Crippen LogP contribution >= 0.6 is 0 Å². The molecule has 5 aromatic heterocycles. The molecule has 0 aromatic carbocycles. The Morgan fingerprint density at radius 1 is 1.09 bits per heavy atom. The van der Waals surface area contributed by atoms with Crippen LogP contribution in [0.25, 0.3) is 28.1 Å². The van der Waals surface area contributed by atoms with Gasteiger partial charge in [-0.2, -0.15) is 0 Å². The summed E-state index contributed by atoms with van der Waals surface area (Å²) in [5, 5.41) is 3.96. The molecule has 2 aliphatic heterocycles. The van der Waals surface area contributed by atoms with Crippen LogP contribution in [-0.4, -0.2) is 70.9 Å². The molecule has 8 rings (SSSR count). The van der Waals surface area contributed by atoms with E-state index in [-0.39, 0.29) is 41.8 Å². The largest absolute Gasteiger partial charge is 0.482 e. The van der Waals surface area contributed by atoms with Gasteiger partial charge in [-0.3, -0.25) is 14.0 Å². The van der Waals surface area contributed by atoms with Gasteiger partial charge >= 0.3 is 0 Å². The highest BCUT2D eigenvalue weighted by atomic mass is 16.5. The van der Waals surface area contributed by atoms with Crippen molar-refractivity contribution in [2.24, 2.45) is 11.7 Å². The first-order valence-electron chi connectivity index (χ1n) is 16.0. The molecule has 2 amide bonds. The SMILES string of the molecule is COc1cc(C(=O)N2[C@H]3CC[C@@H]2[C@H](N)C3)cc2nc(-c3cc4ccc([C@@H](C)NC(=O)c5ncccn5)nc4n3CC3CC3)c(C)n12. The molecule has 1 saturated carbocycles. The van der Waals surface area contributed by atoms with Crippen LogP contribution in [0.1, 0.15) is 77.4 Å². The van der Waals surface area contributed by atoms with Crippen molar-refractivity contribution in [3.63, 3.8) is 0 Å². The van der Waals surface area contributed by atoms with E-state index in [1.54, 1.807) is 25.6 Å². The van der Waals surface area contributed by atoms with Crippen LogP contribution in [0.15, 0.2) is 48.8 Å². The summed E-state index contributed by atoms with van der Waals surface area (Å²) in [6.45, 7) is 4.75. The van der Waals surface area contributed by atoms with E-state index in [1.807, 2.05) is 47.4 Å². The molecule has 7 heterocycles. The molecule has 1 aliphatic carbocycles. The van der Waals surface area contributed by atoms with Crippen LogP contribution in [0.4, 0.5) is 0 Å². The van der Waals surface area contributed by atoms with Gasteiger partial charge in [-0.1, -0.05) is 0 Å². The monoisotopic (exact) mass is 619 g/mol. The lowest BCUT2D eigenvalue weighted by Crippen LogP contribution is -2.40. The second kappa shape index (κ2) is 10.9. The van der Waals surface area contributed by atoms with Gasteiger partial charge in [0.15, 0.2) is 5.88 Å². The number of imidazole rings is 1. The zero-order valence-electron chi connectivity index (χ0n) is 26.2. The Labute approximate surface area is 266 Å². The van der Waals surface area contributed by atoms with Gasteiger partial charge in [-0.05, 0) is 82.2 Å². The molecule has 2 saturated heterocycles. The number of ether oxygens (including phenoxy) is 1. The first kappa shape index (κ1) is 28.6. The Morgan fingerprint density at radius 2 is 1.89 bits per heavy atom. The number of hydrogen-bond donors (Lipinski definition) is 2. The molecule has 46 heavy (non-hydrogen) atoms. The number of fused-ring (bicyclic) bond motifs is 4. The Bertz CT molecular complexity index is 2000. The number of rotatable bonds is 8. The zero-order valence-corrected chi connectivity index (χ0v) is 26.2. The average Bonchev–Trinajstić information content (AvgIpc) is 3.38. The lowest BCUT2D eigenvalue weighted by Gasteiger charge is -2.23. The number of pyridine rings is 2. The van der Waals surface area contributed by atoms with Crippen LogP contribution in [0.2, 0.25) is 0 Å². The quantitative estimate of drug-likeness (QED) is 0.265. The molecule has 0 unspecified atom stereocenters. The molecule has 2 bridgehead atoms. The fourth-order valence-electron chi connectivity index (χ4n) is 7.37. The molecule has 3 aliphatic rings. The van der Waals surface area contributed by atoms with E-state index in [9.17, 15) is 9.59 Å². The summed E-state index contributed by atoms with van der Waals surface area (Å²) in [6, 6.07) is 11.5. The second-order valence-electron chi connectivity index (χ2n) is 12.9. The number of amides is 2. The second-order valence-corrected chi connectivity index (χ2v) is 12.9. The van der Waals surface area contributed by atoms with Crippen molar-refractivity contribution in [1.29, 1.82) is 0 Å². The lowest BCUT2D eigenvalue weighted by molar-refractivity contribution is 0.0725. The maximum atomic E-state index is 13.8. The summed E-state index contributed by atoms with van der Waals surface area (Å²) in [7, 11) is 1.62. The van der Waals surface area contributed by atoms with E-state index >= 15 is 0 Å². The van der Waals surface area contributed by atoms with E-state index in [0.717, 1.165) is 59.6 Å². The number of nitrogens with two attached hydrogens (primary N) is 1. The standard InChI is InChI=1S/C34H37N9O3/c1-18(38-33(44)31-36-11-4-12-37-31)25-9-7-21-13-27(41(32(21)39-25)17-20-5-6-20)30-19(2)42-28(40-30)14-22(15-29(42)46-3)34(45)43-23-8-10-26(43)24(35)16-23/h4,7,9,11-15,18,20,23-24,26H,5-6,8,10,16-17,35H2,1-3H3,(H,38,44)/t18-,23+,24-,26-/m1/s1. The van der Waals surface area contributed by atoms with E-state index in [0.29, 0.717) is 23.0 Å². The summed E-state index contributed by atoms with van der Waals surface area (Å²) in [4.78, 5) is 46.8. The molecule has 4 atom stereocenters. The highest BCUT2D eigenvalue weighted by Crippen LogP contribution is 2.40. The number of hydrogen-bond acceptors (Lipinski definition) is 8. The van der Waals surface area contributed by atoms with Crippen molar-refractivity contribution in [2.75, 3.05) is 7.11 Å². The van der Waals surface area contributed by atoms with Crippen molar-refractivity contribution in [3.05, 3.63) is 71.6 Å². The molecule has 12 nitrogen and oxygen atoms in total. The van der Waals surface area contributed by atoms with Crippen molar-refractivity contribution in [2.45, 2.75) is 76.7 Å². The Morgan fingerprint density at radius 3 is 2.59 bits per heavy atom. The van der Waals surface area contributed by atoms with Gasteiger partial charge in [0, 0.05) is 54.1 Å². The predicted octanol–water partition coefficient (Wildman–Crippen LogP) is 4.06. The zero-order chi connectivity index (χ0) is 31.7. The minimum Gasteiger partial charge on any atom is -0.482 e. The fourth-order valence-corrected chi connectivity index (χ4v) is 7.37. The van der Waals surface area contributed by atoms with Crippen molar-refractivity contribution in [1.82, 2.24) is 39.1 Å². The molecule has 3 N–H and O–H groups in total.